The number of hydrogen-bond acceptors (Lipinski definition) is 3. The fourth-order valence-electron chi connectivity index (χ4n) is 2.09. The van der Waals surface area contributed by atoms with Crippen LogP contribution in [0.2, 0.25) is 5.02 Å². The molecule has 102 valence electrons. The molecule has 0 aliphatic carbocycles. The fourth-order valence-corrected chi connectivity index (χ4v) is 2.88. The van der Waals surface area contributed by atoms with Crippen molar-refractivity contribution < 1.29 is 4.42 Å². The van der Waals surface area contributed by atoms with E-state index < -0.39 is 5.76 Å². The molecule has 1 aromatic heterocycles. The third-order valence-corrected chi connectivity index (χ3v) is 3.92. The van der Waals surface area contributed by atoms with E-state index in [9.17, 15) is 4.79 Å². The van der Waals surface area contributed by atoms with E-state index in [0.29, 0.717) is 16.1 Å². The van der Waals surface area contributed by atoms with E-state index in [1.165, 1.54) is 0 Å². The average Bonchev–Trinajstić information content (AvgIpc) is 2.77. The van der Waals surface area contributed by atoms with Gasteiger partial charge in [-0.2, -0.15) is 0 Å². The van der Waals surface area contributed by atoms with Gasteiger partial charge in [0, 0.05) is 9.50 Å². The van der Waals surface area contributed by atoms with Crippen molar-refractivity contribution >= 4 is 38.6 Å². The summed E-state index contributed by atoms with van der Waals surface area (Å²) >= 11 is 9.56. The van der Waals surface area contributed by atoms with Gasteiger partial charge in [-0.1, -0.05) is 39.7 Å². The van der Waals surface area contributed by atoms with Gasteiger partial charge >= 0.3 is 5.76 Å². The summed E-state index contributed by atoms with van der Waals surface area (Å²) in [5, 5.41) is 0.586. The number of aromatic nitrogens is 1. The van der Waals surface area contributed by atoms with Crippen LogP contribution in [0, 0.1) is 0 Å². The molecule has 1 heterocycles. The highest BCUT2D eigenvalue weighted by Crippen LogP contribution is 2.30. The summed E-state index contributed by atoms with van der Waals surface area (Å²) in [6, 6.07) is 10.5. The number of hydrogen-bond donors (Lipinski definition) is 2. The van der Waals surface area contributed by atoms with Crippen molar-refractivity contribution in [1.29, 1.82) is 0 Å². The predicted molar refractivity (Wildman–Crippen MR) is 82.0 cm³/mol. The van der Waals surface area contributed by atoms with Gasteiger partial charge in [0.15, 0.2) is 5.58 Å². The lowest BCUT2D eigenvalue weighted by Gasteiger charge is -2.14. The van der Waals surface area contributed by atoms with Crippen LogP contribution >= 0.6 is 27.5 Å². The monoisotopic (exact) mass is 352 g/mol. The van der Waals surface area contributed by atoms with E-state index in [1.807, 2.05) is 18.2 Å². The Hall–Kier alpha value is -1.56. The van der Waals surface area contributed by atoms with Gasteiger partial charge < -0.3 is 10.2 Å². The number of nitrogens with one attached hydrogen (secondary N) is 1. The van der Waals surface area contributed by atoms with E-state index in [0.717, 1.165) is 15.6 Å². The molecular formula is C14H10BrClN2O2. The highest BCUT2D eigenvalue weighted by Gasteiger charge is 2.14. The molecule has 3 N–H and O–H groups in total. The lowest BCUT2D eigenvalue weighted by molar-refractivity contribution is 0.555. The molecule has 3 aromatic rings. The summed E-state index contributed by atoms with van der Waals surface area (Å²) in [5.41, 5.74) is 9.00. The summed E-state index contributed by atoms with van der Waals surface area (Å²) in [5.74, 6) is -0.479. The first-order chi connectivity index (χ1) is 9.54. The summed E-state index contributed by atoms with van der Waals surface area (Å²) in [4.78, 5) is 13.7. The number of rotatable bonds is 2. The van der Waals surface area contributed by atoms with Crippen LogP contribution in [0.15, 0.2) is 50.1 Å². The number of aromatic amines is 1. The maximum Gasteiger partial charge on any atom is 0.417 e. The van der Waals surface area contributed by atoms with Gasteiger partial charge in [-0.05, 0) is 35.4 Å². The smallest absolute Gasteiger partial charge is 0.408 e. The second-order valence-electron chi connectivity index (χ2n) is 4.41. The van der Waals surface area contributed by atoms with Gasteiger partial charge in [0.1, 0.15) is 0 Å². The summed E-state index contributed by atoms with van der Waals surface area (Å²) in [7, 11) is 0. The molecular weight excluding hydrogens is 344 g/mol. The molecule has 0 saturated heterocycles. The first-order valence-electron chi connectivity index (χ1n) is 5.88. The predicted octanol–water partition coefficient (Wildman–Crippen LogP) is 3.59. The zero-order chi connectivity index (χ0) is 14.3. The van der Waals surface area contributed by atoms with E-state index >= 15 is 0 Å². The molecule has 3 rings (SSSR count). The highest BCUT2D eigenvalue weighted by molar-refractivity contribution is 9.10. The Morgan fingerprint density at radius 1 is 1.25 bits per heavy atom. The Morgan fingerprint density at radius 2 is 2.05 bits per heavy atom. The van der Waals surface area contributed by atoms with Crippen molar-refractivity contribution in [3.63, 3.8) is 0 Å². The van der Waals surface area contributed by atoms with Crippen LogP contribution in [0.5, 0.6) is 0 Å². The van der Waals surface area contributed by atoms with Crippen LogP contribution in [-0.4, -0.2) is 4.98 Å². The number of H-pyrrole nitrogens is 1. The molecule has 0 spiro atoms. The van der Waals surface area contributed by atoms with Gasteiger partial charge in [0.25, 0.3) is 0 Å². The molecule has 20 heavy (non-hydrogen) atoms. The van der Waals surface area contributed by atoms with Gasteiger partial charge in [0.05, 0.1) is 11.6 Å². The summed E-state index contributed by atoms with van der Waals surface area (Å²) < 4.78 is 5.93. The van der Waals surface area contributed by atoms with Crippen molar-refractivity contribution in [2.75, 3.05) is 0 Å². The second-order valence-corrected chi connectivity index (χ2v) is 5.74. The number of benzene rings is 2. The van der Waals surface area contributed by atoms with Crippen LogP contribution in [-0.2, 0) is 0 Å². The maximum atomic E-state index is 11.2. The number of oxazole rings is 1. The quantitative estimate of drug-likeness (QED) is 0.739. The van der Waals surface area contributed by atoms with E-state index in [1.54, 1.807) is 18.2 Å². The molecule has 6 heteroatoms. The van der Waals surface area contributed by atoms with Crippen LogP contribution in [0.25, 0.3) is 11.1 Å². The minimum absolute atomic E-state index is 0.389. The largest absolute Gasteiger partial charge is 0.417 e. The summed E-state index contributed by atoms with van der Waals surface area (Å²) in [6.07, 6.45) is 0. The third kappa shape index (κ3) is 2.40. The van der Waals surface area contributed by atoms with Crippen molar-refractivity contribution in [3.05, 3.63) is 67.6 Å². The maximum absolute atomic E-state index is 11.2. The van der Waals surface area contributed by atoms with Gasteiger partial charge in [0.2, 0.25) is 0 Å². The molecule has 0 saturated carbocycles. The van der Waals surface area contributed by atoms with Crippen LogP contribution < -0.4 is 11.5 Å². The molecule has 0 bridgehead atoms. The van der Waals surface area contributed by atoms with E-state index in [-0.39, 0.29) is 6.04 Å². The normalized spacial score (nSPS) is 12.8. The standard InChI is InChI=1S/C14H10BrClN2O2/c15-8-2-3-9(10(16)6-8)13(17)7-1-4-11-12(5-7)20-14(19)18-11/h1-6,13H,17H2,(H,18,19). The van der Waals surface area contributed by atoms with Crippen molar-refractivity contribution in [3.8, 4) is 0 Å². The van der Waals surface area contributed by atoms with Gasteiger partial charge in [-0.25, -0.2) is 4.79 Å². The molecule has 0 amide bonds. The number of halogens is 2. The molecule has 1 atom stereocenters. The Bertz CT molecular complexity index is 841. The third-order valence-electron chi connectivity index (χ3n) is 3.10. The Labute approximate surface area is 127 Å². The zero-order valence-electron chi connectivity index (χ0n) is 10.2. The second kappa shape index (κ2) is 5.09. The highest BCUT2D eigenvalue weighted by atomic mass is 79.9. The van der Waals surface area contributed by atoms with Crippen LogP contribution in [0.4, 0.5) is 0 Å². The lowest BCUT2D eigenvalue weighted by atomic mass is 9.99. The minimum Gasteiger partial charge on any atom is -0.408 e. The molecule has 0 aliphatic rings. The number of nitrogens with two attached hydrogens (primary N) is 1. The molecule has 0 aliphatic heterocycles. The Morgan fingerprint density at radius 3 is 2.80 bits per heavy atom. The topological polar surface area (TPSA) is 72.0 Å². The molecule has 0 fully saturated rings. The van der Waals surface area contributed by atoms with Crippen LogP contribution in [0.1, 0.15) is 17.2 Å². The van der Waals surface area contributed by atoms with Crippen molar-refractivity contribution in [2.24, 2.45) is 5.73 Å². The van der Waals surface area contributed by atoms with Crippen LogP contribution in [0.3, 0.4) is 0 Å². The Balaban J connectivity index is 2.06. The molecule has 2 aromatic carbocycles. The first kappa shape index (κ1) is 13.4. The fraction of sp³-hybridized carbons (Fsp3) is 0.0714. The number of fused-ring (bicyclic) bond motifs is 1. The van der Waals surface area contributed by atoms with Gasteiger partial charge in [-0.15, -0.1) is 0 Å². The lowest BCUT2D eigenvalue weighted by Crippen LogP contribution is -2.12. The average molecular weight is 354 g/mol. The van der Waals surface area contributed by atoms with Crippen molar-refractivity contribution in [1.82, 2.24) is 4.98 Å². The molecule has 4 nitrogen and oxygen atoms in total. The summed E-state index contributed by atoms with van der Waals surface area (Å²) in [6.45, 7) is 0. The first-order valence-corrected chi connectivity index (χ1v) is 7.05. The molecule has 1 unspecified atom stereocenters. The Kier molecular flexibility index (Phi) is 3.41. The SMILES string of the molecule is NC(c1ccc2[nH]c(=O)oc2c1)c1ccc(Br)cc1Cl. The van der Waals surface area contributed by atoms with Gasteiger partial charge in [-0.3, -0.25) is 4.98 Å². The molecule has 0 radical (unpaired) electrons. The van der Waals surface area contributed by atoms with E-state index in [4.69, 9.17) is 21.8 Å². The van der Waals surface area contributed by atoms with E-state index in [2.05, 4.69) is 20.9 Å². The zero-order valence-corrected chi connectivity index (χ0v) is 12.5. The van der Waals surface area contributed by atoms with Crippen molar-refractivity contribution in [2.45, 2.75) is 6.04 Å². The minimum atomic E-state index is -0.479.